The van der Waals surface area contributed by atoms with Crippen molar-refractivity contribution in [2.24, 2.45) is 0 Å². The zero-order valence-corrected chi connectivity index (χ0v) is 11.4. The number of hydrogen-bond donors (Lipinski definition) is 2. The van der Waals surface area contributed by atoms with E-state index < -0.39 is 0 Å². The highest BCUT2D eigenvalue weighted by Gasteiger charge is 2.14. The minimum atomic E-state index is 0.128. The van der Waals surface area contributed by atoms with Gasteiger partial charge in [-0.05, 0) is 40.2 Å². The summed E-state index contributed by atoms with van der Waals surface area (Å²) in [5.41, 5.74) is 0.919. The molecule has 1 aliphatic heterocycles. The maximum Gasteiger partial charge on any atom is 0.226 e. The highest BCUT2D eigenvalue weighted by atomic mass is 16.5. The number of hydrogen-bond acceptors (Lipinski definition) is 5. The highest BCUT2D eigenvalue weighted by Crippen LogP contribution is 2.14. The molecule has 5 heteroatoms. The van der Waals surface area contributed by atoms with E-state index in [0.29, 0.717) is 17.9 Å². The minimum absolute atomic E-state index is 0.128. The summed E-state index contributed by atoms with van der Waals surface area (Å²) >= 11 is 0. The second kappa shape index (κ2) is 6.00. The van der Waals surface area contributed by atoms with E-state index in [9.17, 15) is 0 Å². The second-order valence-corrected chi connectivity index (χ2v) is 5.01. The summed E-state index contributed by atoms with van der Waals surface area (Å²) in [6.45, 7) is 7.92. The van der Waals surface area contributed by atoms with E-state index in [0.717, 1.165) is 18.8 Å². The van der Waals surface area contributed by atoms with Crippen LogP contribution < -0.4 is 15.4 Å². The lowest BCUT2D eigenvalue weighted by Crippen LogP contribution is -2.29. The minimum Gasteiger partial charge on any atom is -0.475 e. The normalized spacial score (nSPS) is 19.2. The third-order valence-electron chi connectivity index (χ3n) is 2.86. The van der Waals surface area contributed by atoms with Crippen molar-refractivity contribution >= 4 is 5.95 Å². The van der Waals surface area contributed by atoms with Gasteiger partial charge in [0.25, 0.3) is 0 Å². The molecule has 0 bridgehead atoms. The number of rotatable bonds is 5. The molecule has 1 atom stereocenters. The van der Waals surface area contributed by atoms with E-state index in [1.165, 1.54) is 12.8 Å². The second-order valence-electron chi connectivity index (χ2n) is 5.01. The molecule has 0 aliphatic carbocycles. The summed E-state index contributed by atoms with van der Waals surface area (Å²) in [6, 6.07) is 2.39. The number of anilines is 1. The van der Waals surface area contributed by atoms with Gasteiger partial charge < -0.3 is 15.4 Å². The number of aromatic nitrogens is 2. The molecule has 0 amide bonds. The van der Waals surface area contributed by atoms with Crippen molar-refractivity contribution in [1.82, 2.24) is 15.3 Å². The quantitative estimate of drug-likeness (QED) is 0.833. The Kier molecular flexibility index (Phi) is 4.36. The Hall–Kier alpha value is -1.36. The van der Waals surface area contributed by atoms with E-state index in [1.54, 1.807) is 0 Å². The van der Waals surface area contributed by atoms with Crippen molar-refractivity contribution in [2.75, 3.05) is 18.4 Å². The zero-order valence-electron chi connectivity index (χ0n) is 11.4. The summed E-state index contributed by atoms with van der Waals surface area (Å²) in [6.07, 6.45) is 2.60. The molecule has 2 heterocycles. The van der Waals surface area contributed by atoms with Gasteiger partial charge in [0.15, 0.2) is 0 Å². The molecule has 0 saturated carbocycles. The number of aryl methyl sites for hydroxylation is 1. The molecule has 2 rings (SSSR count). The predicted molar refractivity (Wildman–Crippen MR) is 72.0 cm³/mol. The molecular weight excluding hydrogens is 228 g/mol. The number of ether oxygens (including phenoxy) is 1. The topological polar surface area (TPSA) is 59.1 Å². The summed E-state index contributed by atoms with van der Waals surface area (Å²) in [5.74, 6) is 1.29. The molecule has 0 spiro atoms. The van der Waals surface area contributed by atoms with E-state index in [4.69, 9.17) is 4.74 Å². The summed E-state index contributed by atoms with van der Waals surface area (Å²) in [7, 11) is 0. The average molecular weight is 250 g/mol. The zero-order chi connectivity index (χ0) is 13.0. The van der Waals surface area contributed by atoms with Crippen LogP contribution in [-0.4, -0.2) is 35.2 Å². The summed E-state index contributed by atoms with van der Waals surface area (Å²) < 4.78 is 5.60. The summed E-state index contributed by atoms with van der Waals surface area (Å²) in [4.78, 5) is 8.73. The summed E-state index contributed by atoms with van der Waals surface area (Å²) in [5, 5.41) is 6.72. The lowest BCUT2D eigenvalue weighted by Gasteiger charge is -2.13. The first-order chi connectivity index (χ1) is 8.63. The van der Waals surface area contributed by atoms with Crippen LogP contribution in [0.25, 0.3) is 0 Å². The van der Waals surface area contributed by atoms with E-state index in [-0.39, 0.29) is 6.10 Å². The Morgan fingerprint density at radius 2 is 2.33 bits per heavy atom. The number of nitrogens with one attached hydrogen (secondary N) is 2. The predicted octanol–water partition coefficient (Wildman–Crippen LogP) is 1.74. The van der Waals surface area contributed by atoms with Crippen LogP contribution in [0, 0.1) is 6.92 Å². The Labute approximate surface area is 108 Å². The van der Waals surface area contributed by atoms with Gasteiger partial charge in [0.1, 0.15) is 0 Å². The third-order valence-corrected chi connectivity index (χ3v) is 2.86. The first-order valence-corrected chi connectivity index (χ1v) is 6.63. The van der Waals surface area contributed by atoms with Crippen LogP contribution in [0.1, 0.15) is 32.4 Å². The molecule has 0 aromatic carbocycles. The molecule has 0 radical (unpaired) electrons. The van der Waals surface area contributed by atoms with Crippen LogP contribution in [0.4, 0.5) is 5.95 Å². The lowest BCUT2D eigenvalue weighted by atomic mass is 10.2. The van der Waals surface area contributed by atoms with E-state index in [2.05, 4.69) is 20.6 Å². The standard InChI is InChI=1S/C13H22N4O/c1-9(2)18-12-7-10(3)16-13(17-12)15-8-11-5-4-6-14-11/h7,9,11,14H,4-6,8H2,1-3H3,(H,15,16,17). The van der Waals surface area contributed by atoms with Gasteiger partial charge in [-0.3, -0.25) is 0 Å². The molecule has 1 saturated heterocycles. The van der Waals surface area contributed by atoms with Crippen molar-refractivity contribution in [2.45, 2.75) is 45.8 Å². The van der Waals surface area contributed by atoms with Crippen LogP contribution in [0.15, 0.2) is 6.07 Å². The first kappa shape index (κ1) is 13.1. The van der Waals surface area contributed by atoms with Crippen molar-refractivity contribution in [3.63, 3.8) is 0 Å². The van der Waals surface area contributed by atoms with Crippen LogP contribution >= 0.6 is 0 Å². The Morgan fingerprint density at radius 3 is 3.00 bits per heavy atom. The van der Waals surface area contributed by atoms with Crippen molar-refractivity contribution < 1.29 is 4.74 Å². The average Bonchev–Trinajstić information content (AvgIpc) is 2.77. The number of nitrogens with zero attached hydrogens (tertiary/aromatic N) is 2. The third kappa shape index (κ3) is 3.84. The van der Waals surface area contributed by atoms with Gasteiger partial charge in [-0.1, -0.05) is 0 Å². The molecule has 2 N–H and O–H groups in total. The van der Waals surface area contributed by atoms with Gasteiger partial charge >= 0.3 is 0 Å². The Bertz CT molecular complexity index is 389. The molecule has 1 fully saturated rings. The molecule has 1 aliphatic rings. The fourth-order valence-corrected chi connectivity index (χ4v) is 2.07. The SMILES string of the molecule is Cc1cc(OC(C)C)nc(NCC2CCCN2)n1. The van der Waals surface area contributed by atoms with Crippen LogP contribution in [0.5, 0.6) is 5.88 Å². The van der Waals surface area contributed by atoms with E-state index >= 15 is 0 Å². The maximum absolute atomic E-state index is 5.60. The smallest absolute Gasteiger partial charge is 0.226 e. The molecule has 1 aromatic heterocycles. The molecule has 18 heavy (non-hydrogen) atoms. The Balaban J connectivity index is 1.96. The van der Waals surface area contributed by atoms with Gasteiger partial charge in [-0.15, -0.1) is 0 Å². The Morgan fingerprint density at radius 1 is 1.50 bits per heavy atom. The lowest BCUT2D eigenvalue weighted by molar-refractivity contribution is 0.232. The molecule has 100 valence electrons. The van der Waals surface area contributed by atoms with Crippen molar-refractivity contribution in [1.29, 1.82) is 0 Å². The van der Waals surface area contributed by atoms with Crippen LogP contribution in [0.2, 0.25) is 0 Å². The van der Waals surface area contributed by atoms with Crippen molar-refractivity contribution in [3.05, 3.63) is 11.8 Å². The fourth-order valence-electron chi connectivity index (χ4n) is 2.07. The van der Waals surface area contributed by atoms with Crippen LogP contribution in [-0.2, 0) is 0 Å². The van der Waals surface area contributed by atoms with E-state index in [1.807, 2.05) is 26.8 Å². The molecule has 1 aromatic rings. The van der Waals surface area contributed by atoms with Gasteiger partial charge in [-0.25, -0.2) is 4.98 Å². The van der Waals surface area contributed by atoms with Gasteiger partial charge in [0.05, 0.1) is 6.10 Å². The molecule has 1 unspecified atom stereocenters. The van der Waals surface area contributed by atoms with Gasteiger partial charge in [-0.2, -0.15) is 4.98 Å². The maximum atomic E-state index is 5.60. The fraction of sp³-hybridized carbons (Fsp3) is 0.692. The molecular formula is C13H22N4O. The highest BCUT2D eigenvalue weighted by molar-refractivity contribution is 5.30. The van der Waals surface area contributed by atoms with Gasteiger partial charge in [0, 0.05) is 24.3 Å². The van der Waals surface area contributed by atoms with Crippen LogP contribution in [0.3, 0.4) is 0 Å². The van der Waals surface area contributed by atoms with Crippen molar-refractivity contribution in [3.8, 4) is 5.88 Å². The van der Waals surface area contributed by atoms with Gasteiger partial charge in [0.2, 0.25) is 11.8 Å². The monoisotopic (exact) mass is 250 g/mol. The first-order valence-electron chi connectivity index (χ1n) is 6.63. The molecule has 5 nitrogen and oxygen atoms in total. The largest absolute Gasteiger partial charge is 0.475 e.